The summed E-state index contributed by atoms with van der Waals surface area (Å²) in [7, 11) is 1.17. The summed E-state index contributed by atoms with van der Waals surface area (Å²) >= 11 is 6.76. The molecule has 2 rings (SSSR count). The first-order valence-corrected chi connectivity index (χ1v) is 5.77. The van der Waals surface area contributed by atoms with Crippen LogP contribution in [-0.4, -0.2) is 46.2 Å². The van der Waals surface area contributed by atoms with Crippen LogP contribution in [0, 0.1) is 10.1 Å². The Balaban J connectivity index is 2.43. The van der Waals surface area contributed by atoms with E-state index < -0.39 is 24.4 Å². The Morgan fingerprint density at radius 3 is 3.22 bits per heavy atom. The molecule has 0 spiro atoms. The quantitative estimate of drug-likeness (QED) is 0.611. The molecule has 0 aromatic carbocycles. The lowest BCUT2D eigenvalue weighted by molar-refractivity contribution is -0.486. The highest BCUT2D eigenvalue weighted by Crippen LogP contribution is 2.20. The summed E-state index contributed by atoms with van der Waals surface area (Å²) in [6, 6.07) is 0. The third-order valence-corrected chi connectivity index (χ3v) is 2.99. The van der Waals surface area contributed by atoms with E-state index in [4.69, 9.17) is 21.8 Å². The van der Waals surface area contributed by atoms with Crippen molar-refractivity contribution in [2.45, 2.75) is 6.54 Å². The molecular weight excluding hydrogens is 282 g/mol. The SMILES string of the molecule is [2H]C1([2H])OC([2H])([2H])N(Cc2cnc(Cl)s2)C(=N[N+](=O)[O-])N1C. The van der Waals surface area contributed by atoms with Crippen LogP contribution in [0.2, 0.25) is 4.47 Å². The normalized spacial score (nSPS) is 27.3. The average Bonchev–Trinajstić information content (AvgIpc) is 2.75. The maximum atomic E-state index is 10.7. The van der Waals surface area contributed by atoms with E-state index in [1.807, 2.05) is 0 Å². The van der Waals surface area contributed by atoms with Crippen molar-refractivity contribution in [3.05, 3.63) is 25.7 Å². The number of ether oxygens (including phenoxy) is 1. The van der Waals surface area contributed by atoms with E-state index in [1.165, 1.54) is 13.2 Å². The topological polar surface area (TPSA) is 84.1 Å². The van der Waals surface area contributed by atoms with Gasteiger partial charge in [0.2, 0.25) is 0 Å². The van der Waals surface area contributed by atoms with Crippen molar-refractivity contribution in [3.63, 3.8) is 0 Å². The summed E-state index contributed by atoms with van der Waals surface area (Å²) in [4.78, 5) is 16.5. The second-order valence-electron chi connectivity index (χ2n) is 3.15. The molecule has 0 radical (unpaired) electrons. The molecule has 0 N–H and O–H groups in total. The van der Waals surface area contributed by atoms with Crippen LogP contribution in [0.1, 0.15) is 10.4 Å². The lowest BCUT2D eigenvalue weighted by atomic mass is 10.5. The van der Waals surface area contributed by atoms with Crippen LogP contribution < -0.4 is 0 Å². The third kappa shape index (κ3) is 3.06. The standard InChI is InChI=1S/C8H10ClN5O3S/c1-12-4-17-5-13(8(12)11-14(15)16)3-6-2-10-7(9)18-6/h2H,3-5H2,1H3/i4D2,5D2. The number of nitro groups is 1. The van der Waals surface area contributed by atoms with Gasteiger partial charge in [-0.15, -0.1) is 11.3 Å². The molecule has 10 heteroatoms. The molecule has 1 aliphatic heterocycles. The van der Waals surface area contributed by atoms with Crippen LogP contribution in [0.15, 0.2) is 11.3 Å². The van der Waals surface area contributed by atoms with Crippen LogP contribution >= 0.6 is 22.9 Å². The van der Waals surface area contributed by atoms with Crippen LogP contribution in [0.3, 0.4) is 0 Å². The minimum Gasteiger partial charge on any atom is -0.341 e. The first-order valence-electron chi connectivity index (χ1n) is 6.58. The molecule has 1 aromatic rings. The van der Waals surface area contributed by atoms with E-state index in [0.717, 1.165) is 21.1 Å². The molecule has 1 aliphatic rings. The highest BCUT2D eigenvalue weighted by atomic mass is 35.5. The molecule has 0 amide bonds. The molecule has 0 bridgehead atoms. The summed E-state index contributed by atoms with van der Waals surface area (Å²) in [5.74, 6) is -0.518. The van der Waals surface area contributed by atoms with E-state index in [2.05, 4.69) is 10.1 Å². The fraction of sp³-hybridized carbons (Fsp3) is 0.500. The summed E-state index contributed by atoms with van der Waals surface area (Å²) in [6.45, 7) is -5.42. The maximum Gasteiger partial charge on any atom is 0.277 e. The highest BCUT2D eigenvalue weighted by molar-refractivity contribution is 7.15. The van der Waals surface area contributed by atoms with Gasteiger partial charge in [-0.05, 0) is 0 Å². The number of halogens is 1. The number of hydrogen-bond donors (Lipinski definition) is 0. The maximum absolute atomic E-state index is 10.7. The Bertz CT molecular complexity index is 627. The van der Waals surface area contributed by atoms with E-state index in [-0.39, 0.29) is 11.0 Å². The second kappa shape index (κ2) is 5.46. The van der Waals surface area contributed by atoms with Crippen LogP contribution in [0.5, 0.6) is 0 Å². The Kier molecular flexibility index (Phi) is 2.61. The molecule has 1 aromatic heterocycles. The van der Waals surface area contributed by atoms with E-state index in [9.17, 15) is 10.1 Å². The van der Waals surface area contributed by atoms with Crippen molar-refractivity contribution in [2.75, 3.05) is 20.4 Å². The molecule has 1 saturated heterocycles. The zero-order chi connectivity index (χ0) is 16.7. The molecule has 0 atom stereocenters. The fourth-order valence-corrected chi connectivity index (χ4v) is 2.18. The Morgan fingerprint density at radius 1 is 1.83 bits per heavy atom. The fourth-order valence-electron chi connectivity index (χ4n) is 1.22. The van der Waals surface area contributed by atoms with Crippen LogP contribution in [0.4, 0.5) is 0 Å². The van der Waals surface area contributed by atoms with Crippen LogP contribution in [0.25, 0.3) is 0 Å². The summed E-state index contributed by atoms with van der Waals surface area (Å²) in [6.07, 6.45) is 1.39. The predicted molar refractivity (Wildman–Crippen MR) is 65.7 cm³/mol. The van der Waals surface area contributed by atoms with Gasteiger partial charge >= 0.3 is 0 Å². The van der Waals surface area contributed by atoms with E-state index in [0.29, 0.717) is 4.88 Å². The Labute approximate surface area is 117 Å². The molecule has 98 valence electrons. The number of hydrogen-bond acceptors (Lipinski definition) is 5. The van der Waals surface area contributed by atoms with E-state index >= 15 is 0 Å². The van der Waals surface area contributed by atoms with Crippen molar-refractivity contribution in [3.8, 4) is 0 Å². The lowest BCUT2D eigenvalue weighted by Crippen LogP contribution is -2.49. The summed E-state index contributed by atoms with van der Waals surface area (Å²) in [5.41, 5.74) is 0. The summed E-state index contributed by atoms with van der Waals surface area (Å²) in [5, 5.41) is 12.7. The van der Waals surface area contributed by atoms with Crippen molar-refractivity contribution >= 4 is 28.9 Å². The van der Waals surface area contributed by atoms with Gasteiger partial charge in [-0.25, -0.2) is 15.1 Å². The number of aromatic nitrogens is 1. The Hall–Kier alpha value is -1.45. The molecule has 18 heavy (non-hydrogen) atoms. The molecule has 0 saturated carbocycles. The number of guanidine groups is 1. The van der Waals surface area contributed by atoms with Gasteiger partial charge in [-0.2, -0.15) is 0 Å². The van der Waals surface area contributed by atoms with Crippen molar-refractivity contribution in [1.82, 2.24) is 14.8 Å². The van der Waals surface area contributed by atoms with Gasteiger partial charge in [0.25, 0.3) is 5.96 Å². The van der Waals surface area contributed by atoms with Gasteiger partial charge in [0.05, 0.1) is 12.0 Å². The minimum atomic E-state index is -2.65. The molecule has 8 nitrogen and oxygen atoms in total. The second-order valence-corrected chi connectivity index (χ2v) is 4.84. The average molecular weight is 296 g/mol. The van der Waals surface area contributed by atoms with Crippen molar-refractivity contribution in [1.29, 1.82) is 0 Å². The van der Waals surface area contributed by atoms with Crippen molar-refractivity contribution < 1.29 is 15.3 Å². The van der Waals surface area contributed by atoms with Gasteiger partial charge in [-0.1, -0.05) is 11.6 Å². The first kappa shape index (κ1) is 8.62. The van der Waals surface area contributed by atoms with Crippen molar-refractivity contribution in [2.24, 2.45) is 5.10 Å². The van der Waals surface area contributed by atoms with Gasteiger partial charge in [0.1, 0.15) is 18.5 Å². The number of rotatable bonds is 3. The molecule has 0 aliphatic carbocycles. The molecule has 1 fully saturated rings. The summed E-state index contributed by atoms with van der Waals surface area (Å²) < 4.78 is 35.8. The monoisotopic (exact) mass is 295 g/mol. The predicted octanol–water partition coefficient (Wildman–Crippen LogP) is 1.02. The van der Waals surface area contributed by atoms with Gasteiger partial charge in [0.15, 0.2) is 9.50 Å². The zero-order valence-electron chi connectivity index (χ0n) is 13.0. The lowest BCUT2D eigenvalue weighted by Gasteiger charge is -2.34. The molecule has 2 heterocycles. The first-order chi connectivity index (χ1) is 10.0. The van der Waals surface area contributed by atoms with Crippen LogP contribution in [-0.2, 0) is 11.3 Å². The smallest absolute Gasteiger partial charge is 0.277 e. The number of thiazole rings is 1. The Morgan fingerprint density at radius 2 is 2.61 bits per heavy atom. The van der Waals surface area contributed by atoms with Gasteiger partial charge < -0.3 is 14.5 Å². The zero-order valence-corrected chi connectivity index (χ0v) is 10.6. The van der Waals surface area contributed by atoms with E-state index in [1.54, 1.807) is 0 Å². The minimum absolute atomic E-state index is 0.176. The van der Waals surface area contributed by atoms with Gasteiger partial charge in [0, 0.05) is 18.1 Å². The number of hydrazone groups is 1. The molecule has 0 unspecified atom stereocenters. The molecular formula is C8H10ClN5O3S. The highest BCUT2D eigenvalue weighted by Gasteiger charge is 2.25. The largest absolute Gasteiger partial charge is 0.341 e. The number of nitrogens with zero attached hydrogens (tertiary/aromatic N) is 5. The van der Waals surface area contributed by atoms with Gasteiger partial charge in [-0.3, -0.25) is 0 Å². The third-order valence-electron chi connectivity index (χ3n) is 1.89.